The summed E-state index contributed by atoms with van der Waals surface area (Å²) in [6, 6.07) is 8.62. The van der Waals surface area contributed by atoms with E-state index >= 15 is 0 Å². The molecule has 0 amide bonds. The van der Waals surface area contributed by atoms with E-state index in [2.05, 4.69) is 24.6 Å². The molecule has 0 fully saturated rings. The van der Waals surface area contributed by atoms with Gasteiger partial charge in [0.1, 0.15) is 0 Å². The Kier molecular flexibility index (Phi) is 4.64. The van der Waals surface area contributed by atoms with Crippen LogP contribution in [0.2, 0.25) is 0 Å². The second-order valence-corrected chi connectivity index (χ2v) is 5.17. The second kappa shape index (κ2) is 6.88. The number of pyridine rings is 2. The number of halogens is 3. The lowest BCUT2D eigenvalue weighted by Gasteiger charge is -2.06. The average molecular weight is 350 g/mol. The lowest BCUT2D eigenvalue weighted by molar-refractivity contribution is -0.159. The standard InChI is InChI=1S/C16H13F3N4O2/c1-10-3-2-4-12(21-10)6-8-24-13-9-11(5-7-20-13)14-22-15(25-23-14)16(17,18)19/h2-5,7,9H,6,8H2,1H3. The first-order chi connectivity index (χ1) is 11.9. The van der Waals surface area contributed by atoms with E-state index in [4.69, 9.17) is 4.74 Å². The van der Waals surface area contributed by atoms with Gasteiger partial charge in [-0.1, -0.05) is 11.2 Å². The maximum atomic E-state index is 12.5. The van der Waals surface area contributed by atoms with Crippen LogP contribution in [-0.4, -0.2) is 26.7 Å². The van der Waals surface area contributed by atoms with Crippen molar-refractivity contribution < 1.29 is 22.4 Å². The Morgan fingerprint density at radius 1 is 1.16 bits per heavy atom. The first-order valence-electron chi connectivity index (χ1n) is 7.34. The van der Waals surface area contributed by atoms with Gasteiger partial charge in [-0.2, -0.15) is 18.2 Å². The highest BCUT2D eigenvalue weighted by Crippen LogP contribution is 2.29. The van der Waals surface area contributed by atoms with Crippen LogP contribution in [0.1, 0.15) is 17.3 Å². The summed E-state index contributed by atoms with van der Waals surface area (Å²) in [4.78, 5) is 11.7. The summed E-state index contributed by atoms with van der Waals surface area (Å²) in [7, 11) is 0. The van der Waals surface area contributed by atoms with E-state index < -0.39 is 12.1 Å². The number of aromatic nitrogens is 4. The van der Waals surface area contributed by atoms with E-state index in [0.717, 1.165) is 11.4 Å². The fourth-order valence-electron chi connectivity index (χ4n) is 2.08. The van der Waals surface area contributed by atoms with Crippen LogP contribution in [0.3, 0.4) is 0 Å². The van der Waals surface area contributed by atoms with Crippen molar-refractivity contribution in [1.82, 2.24) is 20.1 Å². The van der Waals surface area contributed by atoms with E-state index in [-0.39, 0.29) is 11.7 Å². The van der Waals surface area contributed by atoms with Gasteiger partial charge in [-0.15, -0.1) is 0 Å². The molecule has 0 aliphatic rings. The molecular weight excluding hydrogens is 337 g/mol. The highest BCUT2D eigenvalue weighted by atomic mass is 19.4. The number of aryl methyl sites for hydroxylation is 1. The van der Waals surface area contributed by atoms with Crippen molar-refractivity contribution >= 4 is 0 Å². The zero-order valence-electron chi connectivity index (χ0n) is 13.1. The normalized spacial score (nSPS) is 11.5. The highest BCUT2D eigenvalue weighted by molar-refractivity contribution is 5.55. The third-order valence-electron chi connectivity index (χ3n) is 3.22. The Balaban J connectivity index is 1.66. The number of hydrogen-bond donors (Lipinski definition) is 0. The van der Waals surface area contributed by atoms with Gasteiger partial charge in [0.05, 0.1) is 6.61 Å². The summed E-state index contributed by atoms with van der Waals surface area (Å²) in [6.07, 6.45) is -2.70. The molecule has 3 rings (SSSR count). The van der Waals surface area contributed by atoms with Crippen LogP contribution in [0.4, 0.5) is 13.2 Å². The van der Waals surface area contributed by atoms with Gasteiger partial charge in [0, 0.05) is 35.6 Å². The molecule has 3 heterocycles. The van der Waals surface area contributed by atoms with Crippen molar-refractivity contribution in [2.75, 3.05) is 6.61 Å². The van der Waals surface area contributed by atoms with Crippen molar-refractivity contribution in [2.45, 2.75) is 19.5 Å². The van der Waals surface area contributed by atoms with E-state index in [1.54, 1.807) is 0 Å². The maximum absolute atomic E-state index is 12.5. The summed E-state index contributed by atoms with van der Waals surface area (Å²) in [6.45, 7) is 2.22. The summed E-state index contributed by atoms with van der Waals surface area (Å²) in [5, 5.41) is 3.33. The molecule has 0 bridgehead atoms. The Morgan fingerprint density at radius 2 is 2.00 bits per heavy atom. The summed E-state index contributed by atoms with van der Waals surface area (Å²) >= 11 is 0. The molecule has 0 spiro atoms. The molecule has 0 aliphatic carbocycles. The largest absolute Gasteiger partial charge is 0.477 e. The Bertz CT molecular complexity index is 864. The average Bonchev–Trinajstić information content (AvgIpc) is 3.06. The zero-order chi connectivity index (χ0) is 17.9. The van der Waals surface area contributed by atoms with Gasteiger partial charge in [0.15, 0.2) is 0 Å². The van der Waals surface area contributed by atoms with E-state index in [1.165, 1.54) is 18.3 Å². The van der Waals surface area contributed by atoms with Crippen LogP contribution in [-0.2, 0) is 12.6 Å². The van der Waals surface area contributed by atoms with Crippen LogP contribution in [0.15, 0.2) is 41.1 Å². The third kappa shape index (κ3) is 4.31. The van der Waals surface area contributed by atoms with Crippen LogP contribution >= 0.6 is 0 Å². The van der Waals surface area contributed by atoms with Gasteiger partial charge < -0.3 is 9.26 Å². The quantitative estimate of drug-likeness (QED) is 0.701. The minimum absolute atomic E-state index is 0.181. The fourth-order valence-corrected chi connectivity index (χ4v) is 2.08. The van der Waals surface area contributed by atoms with Crippen molar-refractivity contribution in [2.24, 2.45) is 0 Å². The molecule has 3 aromatic rings. The molecule has 0 saturated carbocycles. The van der Waals surface area contributed by atoms with Gasteiger partial charge in [-0.25, -0.2) is 4.98 Å². The number of alkyl halides is 3. The van der Waals surface area contributed by atoms with Gasteiger partial charge in [0.25, 0.3) is 0 Å². The molecule has 0 N–H and O–H groups in total. The van der Waals surface area contributed by atoms with Crippen LogP contribution in [0.5, 0.6) is 5.88 Å². The lowest BCUT2D eigenvalue weighted by atomic mass is 10.2. The fraction of sp³-hybridized carbons (Fsp3) is 0.250. The Morgan fingerprint density at radius 3 is 2.72 bits per heavy atom. The lowest BCUT2D eigenvalue weighted by Crippen LogP contribution is -2.05. The smallest absolute Gasteiger partial charge is 0.471 e. The van der Waals surface area contributed by atoms with Crippen LogP contribution in [0, 0.1) is 6.92 Å². The van der Waals surface area contributed by atoms with Gasteiger partial charge >= 0.3 is 12.1 Å². The molecule has 0 aromatic carbocycles. The molecule has 0 atom stereocenters. The number of nitrogens with zero attached hydrogens (tertiary/aromatic N) is 4. The van der Waals surface area contributed by atoms with Crippen molar-refractivity contribution in [1.29, 1.82) is 0 Å². The first kappa shape index (κ1) is 16.9. The minimum Gasteiger partial charge on any atom is -0.477 e. The monoisotopic (exact) mass is 350 g/mol. The Labute approximate surface area is 140 Å². The molecule has 0 radical (unpaired) electrons. The number of rotatable bonds is 5. The molecule has 0 saturated heterocycles. The molecule has 25 heavy (non-hydrogen) atoms. The minimum atomic E-state index is -4.68. The Hall–Kier alpha value is -2.97. The molecule has 9 heteroatoms. The molecule has 3 aromatic heterocycles. The van der Waals surface area contributed by atoms with Crippen LogP contribution in [0.25, 0.3) is 11.4 Å². The predicted octanol–water partition coefficient (Wildman–Crippen LogP) is 3.48. The predicted molar refractivity (Wildman–Crippen MR) is 80.7 cm³/mol. The van der Waals surface area contributed by atoms with Crippen molar-refractivity contribution in [3.63, 3.8) is 0 Å². The van der Waals surface area contributed by atoms with E-state index in [1.807, 2.05) is 25.1 Å². The van der Waals surface area contributed by atoms with E-state index in [9.17, 15) is 13.2 Å². The van der Waals surface area contributed by atoms with Crippen LogP contribution < -0.4 is 4.74 Å². The summed E-state index contributed by atoms with van der Waals surface area (Å²) in [5.74, 6) is -1.32. The van der Waals surface area contributed by atoms with Crippen molar-refractivity contribution in [3.05, 3.63) is 53.8 Å². The summed E-state index contributed by atoms with van der Waals surface area (Å²) in [5.41, 5.74) is 2.11. The summed E-state index contributed by atoms with van der Waals surface area (Å²) < 4.78 is 47.3. The number of hydrogen-bond acceptors (Lipinski definition) is 6. The van der Waals surface area contributed by atoms with Gasteiger partial charge in [-0.3, -0.25) is 4.98 Å². The second-order valence-electron chi connectivity index (χ2n) is 5.17. The molecule has 6 nitrogen and oxygen atoms in total. The highest BCUT2D eigenvalue weighted by Gasteiger charge is 2.38. The SMILES string of the molecule is Cc1cccc(CCOc2cc(-c3noc(C(F)(F)F)n3)ccn2)n1. The molecule has 0 unspecified atom stereocenters. The molecule has 130 valence electrons. The third-order valence-corrected chi connectivity index (χ3v) is 3.22. The first-order valence-corrected chi connectivity index (χ1v) is 7.34. The van der Waals surface area contributed by atoms with Crippen molar-refractivity contribution in [3.8, 4) is 17.3 Å². The number of ether oxygens (including phenoxy) is 1. The maximum Gasteiger partial charge on any atom is 0.471 e. The van der Waals surface area contributed by atoms with Gasteiger partial charge in [0.2, 0.25) is 11.7 Å². The zero-order valence-corrected chi connectivity index (χ0v) is 13.1. The van der Waals surface area contributed by atoms with E-state index in [0.29, 0.717) is 18.6 Å². The molecule has 0 aliphatic heterocycles. The molecular formula is C16H13F3N4O2. The topological polar surface area (TPSA) is 73.9 Å². The van der Waals surface area contributed by atoms with Gasteiger partial charge in [-0.05, 0) is 25.1 Å².